The fourth-order valence-corrected chi connectivity index (χ4v) is 5.35. The van der Waals surface area contributed by atoms with Crippen LogP contribution in [0, 0.1) is 12.8 Å². The second-order valence-corrected chi connectivity index (χ2v) is 9.89. The Kier molecular flexibility index (Phi) is 5.82. The van der Waals surface area contributed by atoms with E-state index in [0.29, 0.717) is 23.6 Å². The first-order chi connectivity index (χ1) is 14.3. The monoisotopic (exact) mass is 443 g/mol. The van der Waals surface area contributed by atoms with Crippen LogP contribution in [0.15, 0.2) is 65.6 Å². The van der Waals surface area contributed by atoms with Gasteiger partial charge in [0.2, 0.25) is 10.0 Å². The van der Waals surface area contributed by atoms with E-state index in [4.69, 9.17) is 16.3 Å². The Morgan fingerprint density at radius 1 is 1.00 bits per heavy atom. The lowest BCUT2D eigenvalue weighted by molar-refractivity contribution is -0.140. The molecule has 0 spiro atoms. The van der Waals surface area contributed by atoms with Gasteiger partial charge < -0.3 is 4.74 Å². The number of rotatable bonds is 4. The molecule has 4 rings (SSSR count). The summed E-state index contributed by atoms with van der Waals surface area (Å²) in [5, 5.41) is 2.25. The van der Waals surface area contributed by atoms with Crippen LogP contribution < -0.4 is 4.74 Å². The number of halogens is 1. The summed E-state index contributed by atoms with van der Waals surface area (Å²) in [6.07, 6.45) is 0.824. The zero-order valence-corrected chi connectivity index (χ0v) is 18.1. The number of fused-ring (bicyclic) bond motifs is 1. The van der Waals surface area contributed by atoms with Crippen molar-refractivity contribution in [2.24, 2.45) is 5.92 Å². The zero-order valence-electron chi connectivity index (χ0n) is 16.5. The van der Waals surface area contributed by atoms with Gasteiger partial charge >= 0.3 is 5.97 Å². The van der Waals surface area contributed by atoms with Gasteiger partial charge in [-0.25, -0.2) is 8.42 Å². The lowest BCUT2D eigenvalue weighted by Gasteiger charge is -2.30. The van der Waals surface area contributed by atoms with Gasteiger partial charge in [-0.2, -0.15) is 4.31 Å². The summed E-state index contributed by atoms with van der Waals surface area (Å²) in [6, 6.07) is 18.1. The third-order valence-electron chi connectivity index (χ3n) is 5.44. The summed E-state index contributed by atoms with van der Waals surface area (Å²) in [6.45, 7) is 2.44. The van der Waals surface area contributed by atoms with Crippen LogP contribution in [0.2, 0.25) is 5.02 Å². The number of benzene rings is 3. The van der Waals surface area contributed by atoms with Gasteiger partial charge in [0.05, 0.1) is 15.8 Å². The molecule has 0 bridgehead atoms. The standard InChI is InChI=1S/C23H22ClNO4S/c1-16-6-9-21(24)22(14-16)29-23(26)18-10-12-25(13-11-18)30(27,28)20-8-7-17-4-2-3-5-19(17)15-20/h2-9,14-15,18H,10-13H2,1H3. The Bertz CT molecular complexity index is 1200. The average Bonchev–Trinajstić information content (AvgIpc) is 2.76. The highest BCUT2D eigenvalue weighted by atomic mass is 35.5. The predicted molar refractivity (Wildman–Crippen MR) is 117 cm³/mol. The van der Waals surface area contributed by atoms with E-state index in [-0.39, 0.29) is 29.9 Å². The summed E-state index contributed by atoms with van der Waals surface area (Å²) in [5.74, 6) is -0.386. The first kappa shape index (κ1) is 20.8. The maximum absolute atomic E-state index is 13.1. The molecule has 1 heterocycles. The molecule has 0 saturated carbocycles. The van der Waals surface area contributed by atoms with Crippen LogP contribution in [0.25, 0.3) is 10.8 Å². The van der Waals surface area contributed by atoms with Crippen molar-refractivity contribution in [2.75, 3.05) is 13.1 Å². The van der Waals surface area contributed by atoms with E-state index >= 15 is 0 Å². The van der Waals surface area contributed by atoms with Gasteiger partial charge in [-0.1, -0.05) is 48.0 Å². The van der Waals surface area contributed by atoms with Crippen molar-refractivity contribution in [3.8, 4) is 5.75 Å². The Labute approximate surface area is 181 Å². The van der Waals surface area contributed by atoms with Crippen molar-refractivity contribution >= 4 is 38.4 Å². The maximum atomic E-state index is 13.1. The molecular formula is C23H22ClNO4S. The van der Waals surface area contributed by atoms with E-state index in [1.807, 2.05) is 43.3 Å². The maximum Gasteiger partial charge on any atom is 0.314 e. The van der Waals surface area contributed by atoms with Crippen molar-refractivity contribution in [1.29, 1.82) is 0 Å². The van der Waals surface area contributed by atoms with Crippen LogP contribution in [-0.2, 0) is 14.8 Å². The third-order valence-corrected chi connectivity index (χ3v) is 7.65. The zero-order chi connectivity index (χ0) is 21.3. The summed E-state index contributed by atoms with van der Waals surface area (Å²) >= 11 is 6.11. The lowest BCUT2D eigenvalue weighted by atomic mass is 9.98. The number of carbonyl (C=O) groups is 1. The van der Waals surface area contributed by atoms with Crippen LogP contribution in [0.5, 0.6) is 5.75 Å². The van der Waals surface area contributed by atoms with E-state index in [1.54, 1.807) is 24.3 Å². The summed E-state index contributed by atoms with van der Waals surface area (Å²) in [7, 11) is -3.61. The molecule has 156 valence electrons. The van der Waals surface area contributed by atoms with Gasteiger partial charge in [-0.15, -0.1) is 0 Å². The number of piperidine rings is 1. The Morgan fingerprint density at radius 2 is 1.70 bits per heavy atom. The first-order valence-electron chi connectivity index (χ1n) is 9.81. The Balaban J connectivity index is 1.44. The molecular weight excluding hydrogens is 422 g/mol. The topological polar surface area (TPSA) is 63.7 Å². The highest BCUT2D eigenvalue weighted by Gasteiger charge is 2.33. The van der Waals surface area contributed by atoms with Gasteiger partial charge in [0.25, 0.3) is 0 Å². The molecule has 1 aliphatic rings. The van der Waals surface area contributed by atoms with Crippen LogP contribution in [-0.4, -0.2) is 31.8 Å². The minimum Gasteiger partial charge on any atom is -0.425 e. The molecule has 0 amide bonds. The number of carbonyl (C=O) groups excluding carboxylic acids is 1. The molecule has 0 radical (unpaired) electrons. The number of aryl methyl sites for hydroxylation is 1. The molecule has 1 saturated heterocycles. The molecule has 1 fully saturated rings. The van der Waals surface area contributed by atoms with Crippen LogP contribution in [0.3, 0.4) is 0 Å². The SMILES string of the molecule is Cc1ccc(Cl)c(OC(=O)C2CCN(S(=O)(=O)c3ccc4ccccc4c3)CC2)c1. The molecule has 30 heavy (non-hydrogen) atoms. The van der Waals surface area contributed by atoms with E-state index in [2.05, 4.69) is 0 Å². The van der Waals surface area contributed by atoms with Crippen LogP contribution in [0.4, 0.5) is 0 Å². The second kappa shape index (κ2) is 8.38. The molecule has 3 aromatic carbocycles. The van der Waals surface area contributed by atoms with Gasteiger partial charge in [0.1, 0.15) is 5.75 Å². The predicted octanol–water partition coefficient (Wildman–Crippen LogP) is 4.81. The molecule has 0 aliphatic carbocycles. The number of esters is 1. The van der Waals surface area contributed by atoms with Crippen LogP contribution in [0.1, 0.15) is 18.4 Å². The largest absolute Gasteiger partial charge is 0.425 e. The van der Waals surface area contributed by atoms with E-state index in [9.17, 15) is 13.2 Å². The first-order valence-corrected chi connectivity index (χ1v) is 11.6. The molecule has 0 N–H and O–H groups in total. The molecule has 3 aromatic rings. The second-order valence-electron chi connectivity index (χ2n) is 7.54. The highest BCUT2D eigenvalue weighted by molar-refractivity contribution is 7.89. The van der Waals surface area contributed by atoms with Crippen LogP contribution >= 0.6 is 11.6 Å². The fraction of sp³-hybridized carbons (Fsp3) is 0.261. The minimum atomic E-state index is -3.61. The number of hydrogen-bond acceptors (Lipinski definition) is 4. The van der Waals surface area contributed by atoms with E-state index in [0.717, 1.165) is 16.3 Å². The van der Waals surface area contributed by atoms with Gasteiger partial charge in [0, 0.05) is 13.1 Å². The summed E-state index contributed by atoms with van der Waals surface area (Å²) in [5.41, 5.74) is 0.943. The quantitative estimate of drug-likeness (QED) is 0.429. The van der Waals surface area contributed by atoms with Crippen molar-refractivity contribution < 1.29 is 17.9 Å². The third kappa shape index (κ3) is 4.21. The van der Waals surface area contributed by atoms with Crippen molar-refractivity contribution in [3.05, 3.63) is 71.2 Å². The molecule has 5 nitrogen and oxygen atoms in total. The smallest absolute Gasteiger partial charge is 0.314 e. The van der Waals surface area contributed by atoms with Crippen molar-refractivity contribution in [1.82, 2.24) is 4.31 Å². The summed E-state index contributed by atoms with van der Waals surface area (Å²) < 4.78 is 33.1. The highest BCUT2D eigenvalue weighted by Crippen LogP contribution is 2.29. The van der Waals surface area contributed by atoms with E-state index in [1.165, 1.54) is 4.31 Å². The molecule has 7 heteroatoms. The average molecular weight is 444 g/mol. The number of nitrogens with zero attached hydrogens (tertiary/aromatic N) is 1. The Hall–Kier alpha value is -2.41. The molecule has 0 atom stereocenters. The normalized spacial score (nSPS) is 15.9. The van der Waals surface area contributed by atoms with Gasteiger partial charge in [-0.05, 0) is 60.4 Å². The summed E-state index contributed by atoms with van der Waals surface area (Å²) in [4.78, 5) is 12.8. The minimum absolute atomic E-state index is 0.272. The number of hydrogen-bond donors (Lipinski definition) is 0. The Morgan fingerprint density at radius 3 is 2.43 bits per heavy atom. The molecule has 0 unspecified atom stereocenters. The number of sulfonamides is 1. The van der Waals surface area contributed by atoms with Gasteiger partial charge in [0.15, 0.2) is 0 Å². The number of ether oxygens (including phenoxy) is 1. The van der Waals surface area contributed by atoms with Crippen molar-refractivity contribution in [2.45, 2.75) is 24.7 Å². The lowest BCUT2D eigenvalue weighted by Crippen LogP contribution is -2.41. The molecule has 0 aromatic heterocycles. The van der Waals surface area contributed by atoms with Gasteiger partial charge in [-0.3, -0.25) is 4.79 Å². The van der Waals surface area contributed by atoms with E-state index < -0.39 is 10.0 Å². The van der Waals surface area contributed by atoms with Crippen molar-refractivity contribution in [3.63, 3.8) is 0 Å². The fourth-order valence-electron chi connectivity index (χ4n) is 3.69. The molecule has 1 aliphatic heterocycles.